The maximum atomic E-state index is 13.9. The normalized spacial score (nSPS) is 12.2. The third kappa shape index (κ3) is 8.30. The third-order valence-electron chi connectivity index (χ3n) is 6.10. The Balaban J connectivity index is 1.59. The van der Waals surface area contributed by atoms with Gasteiger partial charge in [0, 0.05) is 25.1 Å². The number of benzene rings is 2. The highest BCUT2D eigenvalue weighted by atomic mass is 19.1. The van der Waals surface area contributed by atoms with Gasteiger partial charge in [-0.2, -0.15) is 0 Å². The molecule has 0 saturated carbocycles. The zero-order valence-electron chi connectivity index (χ0n) is 21.0. The van der Waals surface area contributed by atoms with Crippen molar-refractivity contribution in [3.8, 4) is 0 Å². The molecule has 2 amide bonds. The van der Waals surface area contributed by atoms with E-state index in [0.717, 1.165) is 10.8 Å². The number of aromatic nitrogens is 1. The highest BCUT2D eigenvalue weighted by Gasteiger charge is 2.23. The van der Waals surface area contributed by atoms with Crippen LogP contribution in [0.25, 0.3) is 10.8 Å². The molecule has 7 nitrogen and oxygen atoms in total. The predicted molar refractivity (Wildman–Crippen MR) is 138 cm³/mol. The van der Waals surface area contributed by atoms with Crippen LogP contribution in [0, 0.1) is 5.82 Å². The molecule has 0 unspecified atom stereocenters. The zero-order valence-corrected chi connectivity index (χ0v) is 21.0. The number of amides is 2. The number of halogens is 1. The highest BCUT2D eigenvalue weighted by molar-refractivity contribution is 5.89. The summed E-state index contributed by atoms with van der Waals surface area (Å²) in [6, 6.07) is 15.4. The van der Waals surface area contributed by atoms with Crippen LogP contribution in [0.5, 0.6) is 0 Å². The van der Waals surface area contributed by atoms with Crippen molar-refractivity contribution < 1.29 is 23.8 Å². The number of nitrogens with one attached hydrogen (secondary N) is 1. The molecular weight excluding hydrogens is 461 g/mol. The molecule has 0 aliphatic rings. The average molecular weight is 496 g/mol. The Bertz CT molecular complexity index is 1180. The molecule has 0 saturated heterocycles. The van der Waals surface area contributed by atoms with Gasteiger partial charge in [-0.15, -0.1) is 0 Å². The number of pyridine rings is 1. The lowest BCUT2D eigenvalue weighted by molar-refractivity contribution is -0.133. The molecule has 3 aromatic rings. The van der Waals surface area contributed by atoms with Gasteiger partial charge in [0.1, 0.15) is 18.2 Å². The molecule has 0 aliphatic carbocycles. The minimum atomic E-state index is -0.835. The van der Waals surface area contributed by atoms with Crippen molar-refractivity contribution in [2.75, 3.05) is 19.0 Å². The van der Waals surface area contributed by atoms with Crippen LogP contribution in [0.2, 0.25) is 0 Å². The van der Waals surface area contributed by atoms with Gasteiger partial charge in [0.05, 0.1) is 11.6 Å². The second-order valence-electron chi connectivity index (χ2n) is 9.59. The van der Waals surface area contributed by atoms with Crippen molar-refractivity contribution in [1.82, 2.24) is 9.88 Å². The van der Waals surface area contributed by atoms with Gasteiger partial charge >= 0.3 is 6.09 Å². The Morgan fingerprint density at radius 1 is 1.14 bits per heavy atom. The van der Waals surface area contributed by atoms with E-state index in [1.165, 1.54) is 6.07 Å². The van der Waals surface area contributed by atoms with Gasteiger partial charge in [-0.3, -0.25) is 10.1 Å². The van der Waals surface area contributed by atoms with Crippen molar-refractivity contribution in [3.63, 3.8) is 0 Å². The van der Waals surface area contributed by atoms with Crippen molar-refractivity contribution in [2.24, 2.45) is 0 Å². The first-order chi connectivity index (χ1) is 17.1. The first-order valence-corrected chi connectivity index (χ1v) is 12.1. The summed E-state index contributed by atoms with van der Waals surface area (Å²) in [6.07, 6.45) is 3.12. The number of ether oxygens (including phenoxy) is 1. The van der Waals surface area contributed by atoms with Gasteiger partial charge in [0.2, 0.25) is 5.91 Å². The number of carbonyl (C=O) groups is 2. The molecular formula is C28H34FN3O4. The summed E-state index contributed by atoms with van der Waals surface area (Å²) in [5.41, 5.74) is -0.353. The maximum Gasteiger partial charge on any atom is 0.412 e. The molecule has 36 heavy (non-hydrogen) atoms. The number of aryl methyl sites for hydroxylation is 1. The summed E-state index contributed by atoms with van der Waals surface area (Å²) in [5.74, 6) is -0.143. The van der Waals surface area contributed by atoms with Crippen LogP contribution >= 0.6 is 0 Å². The van der Waals surface area contributed by atoms with Crippen molar-refractivity contribution >= 4 is 28.6 Å². The van der Waals surface area contributed by atoms with Crippen molar-refractivity contribution in [3.05, 3.63) is 72.2 Å². The molecule has 0 fully saturated rings. The number of hydrogen-bond donors (Lipinski definition) is 2. The fourth-order valence-electron chi connectivity index (χ4n) is 3.95. The van der Waals surface area contributed by atoms with Gasteiger partial charge in [-0.25, -0.2) is 14.2 Å². The summed E-state index contributed by atoms with van der Waals surface area (Å²) in [5, 5.41) is 14.6. The van der Waals surface area contributed by atoms with Crippen LogP contribution in [-0.2, 0) is 16.0 Å². The van der Waals surface area contributed by atoms with Gasteiger partial charge in [0.25, 0.3) is 0 Å². The lowest BCUT2D eigenvalue weighted by Gasteiger charge is -2.29. The van der Waals surface area contributed by atoms with Gasteiger partial charge in [-0.05, 0) is 62.6 Å². The average Bonchev–Trinajstić information content (AvgIpc) is 2.84. The second kappa shape index (κ2) is 12.4. The van der Waals surface area contributed by atoms with Crippen LogP contribution in [0.4, 0.5) is 15.0 Å². The predicted octanol–water partition coefficient (Wildman–Crippen LogP) is 5.32. The Morgan fingerprint density at radius 2 is 1.83 bits per heavy atom. The first kappa shape index (κ1) is 27.1. The Morgan fingerprint density at radius 3 is 2.56 bits per heavy atom. The minimum absolute atomic E-state index is 0.0206. The Hall–Kier alpha value is -3.52. The molecule has 2 aromatic carbocycles. The number of hydrogen-bond acceptors (Lipinski definition) is 5. The molecule has 0 spiro atoms. The molecule has 3 rings (SSSR count). The molecule has 0 aliphatic heterocycles. The number of fused-ring (bicyclic) bond motifs is 1. The molecule has 0 bridgehead atoms. The molecule has 8 heteroatoms. The van der Waals surface area contributed by atoms with Gasteiger partial charge < -0.3 is 14.7 Å². The minimum Gasteiger partial charge on any atom is -0.447 e. The highest BCUT2D eigenvalue weighted by Crippen LogP contribution is 2.19. The molecule has 1 atom stereocenters. The van der Waals surface area contributed by atoms with Crippen LogP contribution in [0.3, 0.4) is 0 Å². The van der Waals surface area contributed by atoms with E-state index in [-0.39, 0.29) is 31.2 Å². The monoisotopic (exact) mass is 495 g/mol. The summed E-state index contributed by atoms with van der Waals surface area (Å²) in [6.45, 7) is 3.44. The molecule has 0 radical (unpaired) electrons. The number of aliphatic hydroxyl groups is 1. The molecule has 1 heterocycles. The summed E-state index contributed by atoms with van der Waals surface area (Å²) < 4.78 is 19.4. The Kier molecular flexibility index (Phi) is 9.36. The smallest absolute Gasteiger partial charge is 0.412 e. The lowest BCUT2D eigenvalue weighted by atomic mass is 9.99. The fourth-order valence-corrected chi connectivity index (χ4v) is 3.95. The third-order valence-corrected chi connectivity index (χ3v) is 6.10. The van der Waals surface area contributed by atoms with E-state index in [1.54, 1.807) is 56.3 Å². The van der Waals surface area contributed by atoms with E-state index < -0.39 is 17.7 Å². The number of anilines is 1. The Labute approximate surface area is 211 Å². The maximum absolute atomic E-state index is 13.9. The van der Waals surface area contributed by atoms with E-state index in [9.17, 15) is 19.1 Å². The molecule has 1 aromatic heterocycles. The largest absolute Gasteiger partial charge is 0.447 e. The zero-order chi connectivity index (χ0) is 26.1. The molecule has 192 valence electrons. The van der Waals surface area contributed by atoms with Crippen LogP contribution in [-0.4, -0.2) is 52.3 Å². The summed E-state index contributed by atoms with van der Waals surface area (Å²) in [4.78, 5) is 31.1. The van der Waals surface area contributed by atoms with E-state index in [4.69, 9.17) is 4.74 Å². The van der Waals surface area contributed by atoms with Crippen LogP contribution in [0.1, 0.15) is 45.1 Å². The van der Waals surface area contributed by atoms with E-state index >= 15 is 0 Å². The number of nitrogens with zero attached hydrogens (tertiary/aromatic N) is 2. The van der Waals surface area contributed by atoms with Gasteiger partial charge in [0.15, 0.2) is 0 Å². The fraction of sp³-hybridized carbons (Fsp3) is 0.393. The van der Waals surface area contributed by atoms with Crippen LogP contribution < -0.4 is 5.32 Å². The number of likely N-dealkylation sites (N-methyl/N-ethyl adjacent to an activating group) is 1. The van der Waals surface area contributed by atoms with Crippen molar-refractivity contribution in [2.45, 2.75) is 57.6 Å². The number of rotatable bonds is 11. The lowest BCUT2D eigenvalue weighted by Crippen LogP contribution is -2.41. The SMILES string of the molecule is CN(C(=O)CCc1ccccc1F)[C@@H](CCCC(C)(C)O)COC(=O)Nc1cc2ccccc2cn1. The number of carbonyl (C=O) groups excluding carboxylic acids is 2. The summed E-state index contributed by atoms with van der Waals surface area (Å²) >= 11 is 0. The van der Waals surface area contributed by atoms with Gasteiger partial charge in [-0.1, -0.05) is 42.5 Å². The summed E-state index contributed by atoms with van der Waals surface area (Å²) in [7, 11) is 1.66. The quantitative estimate of drug-likeness (QED) is 0.376. The van der Waals surface area contributed by atoms with E-state index in [1.807, 2.05) is 24.3 Å². The van der Waals surface area contributed by atoms with Crippen molar-refractivity contribution in [1.29, 1.82) is 0 Å². The molecule has 2 N–H and O–H groups in total. The second-order valence-corrected chi connectivity index (χ2v) is 9.59. The standard InChI is InChI=1S/C28H34FN3O4/c1-28(2,35)16-8-12-23(32(3)26(33)15-14-20-9-6-7-13-24(20)29)19-36-27(34)31-25-17-21-10-4-5-11-22(21)18-30-25/h4-7,9-11,13,17-18,23,35H,8,12,14-16,19H2,1-3H3,(H,30,31,34)/t23-/m0/s1. The van der Waals surface area contributed by atoms with Crippen LogP contribution in [0.15, 0.2) is 60.8 Å². The topological polar surface area (TPSA) is 91.8 Å². The first-order valence-electron chi connectivity index (χ1n) is 12.1. The van der Waals surface area contributed by atoms with E-state index in [0.29, 0.717) is 30.6 Å². The van der Waals surface area contributed by atoms with E-state index in [2.05, 4.69) is 10.3 Å².